The molecule has 1 aliphatic heterocycles. The van der Waals surface area contributed by atoms with E-state index in [0.717, 1.165) is 30.9 Å². The molecule has 2 heterocycles. The minimum atomic E-state index is -0.0323. The molecule has 1 aliphatic carbocycles. The zero-order valence-electron chi connectivity index (χ0n) is 17.5. The number of piperidine rings is 1. The van der Waals surface area contributed by atoms with Crippen LogP contribution in [-0.4, -0.2) is 54.9 Å². The largest absolute Gasteiger partial charge is 0.378 e. The van der Waals surface area contributed by atoms with Gasteiger partial charge in [-0.3, -0.25) is 4.79 Å². The summed E-state index contributed by atoms with van der Waals surface area (Å²) in [4.78, 5) is 19.5. The fourth-order valence-electron chi connectivity index (χ4n) is 4.47. The molecule has 0 amide bonds. The topological polar surface area (TPSA) is 78.3 Å². The lowest BCUT2D eigenvalue weighted by Gasteiger charge is -2.41. The SMILES string of the molecule is COC1CN(c2ncc(C)cc2C(=O)CC(C)=N)CCC1NC1CCCCC1. The Labute approximate surface area is 168 Å². The van der Waals surface area contributed by atoms with Crippen LogP contribution in [0.3, 0.4) is 0 Å². The number of ketones is 1. The number of pyridine rings is 1. The Kier molecular flexibility index (Phi) is 7.18. The van der Waals surface area contributed by atoms with Gasteiger partial charge in [0, 0.05) is 50.6 Å². The molecule has 154 valence electrons. The van der Waals surface area contributed by atoms with Crippen molar-refractivity contribution in [3.63, 3.8) is 0 Å². The summed E-state index contributed by atoms with van der Waals surface area (Å²) in [5.74, 6) is 0.699. The number of aryl methyl sites for hydroxylation is 1. The highest BCUT2D eigenvalue weighted by Gasteiger charge is 2.33. The molecule has 1 saturated carbocycles. The van der Waals surface area contributed by atoms with Gasteiger partial charge in [0.2, 0.25) is 0 Å². The number of anilines is 1. The van der Waals surface area contributed by atoms with Crippen molar-refractivity contribution in [2.75, 3.05) is 25.1 Å². The van der Waals surface area contributed by atoms with Crippen LogP contribution in [0.5, 0.6) is 0 Å². The first kappa shape index (κ1) is 20.9. The third kappa shape index (κ3) is 5.17. The van der Waals surface area contributed by atoms with Crippen molar-refractivity contribution in [3.8, 4) is 0 Å². The quantitative estimate of drug-likeness (QED) is 0.554. The average molecular weight is 387 g/mol. The van der Waals surface area contributed by atoms with Crippen molar-refractivity contribution < 1.29 is 9.53 Å². The maximum Gasteiger partial charge on any atom is 0.172 e. The second-order valence-corrected chi connectivity index (χ2v) is 8.38. The lowest BCUT2D eigenvalue weighted by Crippen LogP contribution is -2.56. The van der Waals surface area contributed by atoms with E-state index in [2.05, 4.69) is 15.2 Å². The van der Waals surface area contributed by atoms with Crippen LogP contribution in [0.25, 0.3) is 0 Å². The van der Waals surface area contributed by atoms with E-state index >= 15 is 0 Å². The number of hydrogen-bond donors (Lipinski definition) is 2. The first-order chi connectivity index (χ1) is 13.5. The van der Waals surface area contributed by atoms with E-state index in [9.17, 15) is 4.79 Å². The molecular weight excluding hydrogens is 352 g/mol. The number of ether oxygens (including phenoxy) is 1. The number of carbonyl (C=O) groups is 1. The molecule has 2 atom stereocenters. The van der Waals surface area contributed by atoms with Gasteiger partial charge in [-0.1, -0.05) is 19.3 Å². The first-order valence-corrected chi connectivity index (χ1v) is 10.6. The monoisotopic (exact) mass is 386 g/mol. The Morgan fingerprint density at radius 2 is 2.07 bits per heavy atom. The first-order valence-electron chi connectivity index (χ1n) is 10.6. The second kappa shape index (κ2) is 9.61. The highest BCUT2D eigenvalue weighted by atomic mass is 16.5. The Balaban J connectivity index is 1.73. The third-order valence-corrected chi connectivity index (χ3v) is 5.95. The smallest absolute Gasteiger partial charge is 0.172 e. The highest BCUT2D eigenvalue weighted by molar-refractivity contribution is 6.10. The van der Waals surface area contributed by atoms with Crippen molar-refractivity contribution in [1.29, 1.82) is 5.41 Å². The molecule has 2 aliphatic rings. The summed E-state index contributed by atoms with van der Waals surface area (Å²) >= 11 is 0. The highest BCUT2D eigenvalue weighted by Crippen LogP contribution is 2.26. The molecule has 2 N–H and O–H groups in total. The molecule has 1 saturated heterocycles. The van der Waals surface area contributed by atoms with Gasteiger partial charge in [0.25, 0.3) is 0 Å². The molecule has 0 aromatic carbocycles. The third-order valence-electron chi connectivity index (χ3n) is 5.95. The molecule has 1 aromatic rings. The summed E-state index contributed by atoms with van der Waals surface area (Å²) in [6.45, 7) is 5.19. The number of hydrogen-bond acceptors (Lipinski definition) is 6. The fourth-order valence-corrected chi connectivity index (χ4v) is 4.47. The second-order valence-electron chi connectivity index (χ2n) is 8.38. The van der Waals surface area contributed by atoms with E-state index in [0.29, 0.717) is 23.4 Å². The van der Waals surface area contributed by atoms with Gasteiger partial charge in [0.05, 0.1) is 11.7 Å². The maximum absolute atomic E-state index is 12.7. The van der Waals surface area contributed by atoms with Gasteiger partial charge in [-0.05, 0) is 44.7 Å². The molecule has 0 bridgehead atoms. The Bertz CT molecular complexity index is 700. The summed E-state index contributed by atoms with van der Waals surface area (Å²) < 4.78 is 5.83. The molecule has 6 heteroatoms. The van der Waals surface area contributed by atoms with Crippen LogP contribution in [0.15, 0.2) is 12.3 Å². The predicted molar refractivity (Wildman–Crippen MR) is 113 cm³/mol. The number of aromatic nitrogens is 1. The van der Waals surface area contributed by atoms with E-state index < -0.39 is 0 Å². The van der Waals surface area contributed by atoms with E-state index in [1.165, 1.54) is 32.1 Å². The van der Waals surface area contributed by atoms with Gasteiger partial charge >= 0.3 is 0 Å². The Morgan fingerprint density at radius 1 is 1.32 bits per heavy atom. The zero-order valence-corrected chi connectivity index (χ0v) is 17.5. The van der Waals surface area contributed by atoms with Gasteiger partial charge in [-0.15, -0.1) is 0 Å². The molecule has 1 aromatic heterocycles. The lowest BCUT2D eigenvalue weighted by atomic mass is 9.92. The summed E-state index contributed by atoms with van der Waals surface area (Å²) in [5, 5.41) is 11.5. The zero-order chi connectivity index (χ0) is 20.1. The number of methoxy groups -OCH3 is 1. The normalized spacial score (nSPS) is 23.6. The van der Waals surface area contributed by atoms with E-state index in [-0.39, 0.29) is 18.3 Å². The number of carbonyl (C=O) groups excluding carboxylic acids is 1. The van der Waals surface area contributed by atoms with Crippen molar-refractivity contribution in [3.05, 3.63) is 23.4 Å². The molecule has 6 nitrogen and oxygen atoms in total. The van der Waals surface area contributed by atoms with Crippen LogP contribution in [0, 0.1) is 12.3 Å². The van der Waals surface area contributed by atoms with Crippen LogP contribution in [-0.2, 0) is 4.74 Å². The fraction of sp³-hybridized carbons (Fsp3) is 0.682. The molecule has 3 rings (SSSR count). The standard InChI is InChI=1S/C22H34N4O2/c1-15-11-18(20(27)12-16(2)23)22(24-13-15)26-10-9-19(21(14-26)28-3)25-17-7-5-4-6-8-17/h11,13,17,19,21,23,25H,4-10,12,14H2,1-3H3. The minimum Gasteiger partial charge on any atom is -0.378 e. The minimum absolute atomic E-state index is 0.0323. The van der Waals surface area contributed by atoms with Crippen molar-refractivity contribution in [1.82, 2.24) is 10.3 Å². The van der Waals surface area contributed by atoms with Crippen LogP contribution in [0.1, 0.15) is 67.8 Å². The average Bonchev–Trinajstić information content (AvgIpc) is 2.68. The van der Waals surface area contributed by atoms with Crippen molar-refractivity contribution >= 4 is 17.3 Å². The number of Topliss-reactive ketones (excluding diaryl/α,β-unsaturated/α-hetero) is 1. The number of nitrogens with one attached hydrogen (secondary N) is 2. The van der Waals surface area contributed by atoms with Crippen LogP contribution < -0.4 is 10.2 Å². The van der Waals surface area contributed by atoms with E-state index in [4.69, 9.17) is 10.1 Å². The maximum atomic E-state index is 12.7. The Morgan fingerprint density at radius 3 is 2.75 bits per heavy atom. The van der Waals surface area contributed by atoms with E-state index in [1.54, 1.807) is 14.0 Å². The van der Waals surface area contributed by atoms with Gasteiger partial charge in [0.15, 0.2) is 5.78 Å². The molecule has 0 radical (unpaired) electrons. The van der Waals surface area contributed by atoms with E-state index in [1.807, 2.05) is 19.2 Å². The lowest BCUT2D eigenvalue weighted by molar-refractivity contribution is 0.0533. The molecule has 28 heavy (non-hydrogen) atoms. The summed E-state index contributed by atoms with van der Waals surface area (Å²) in [5.41, 5.74) is 1.97. The molecular formula is C22H34N4O2. The van der Waals surface area contributed by atoms with Crippen molar-refractivity contribution in [2.24, 2.45) is 0 Å². The van der Waals surface area contributed by atoms with Crippen LogP contribution in [0.4, 0.5) is 5.82 Å². The molecule has 2 unspecified atom stereocenters. The number of nitrogens with zero attached hydrogens (tertiary/aromatic N) is 2. The number of rotatable bonds is 7. The Hall–Kier alpha value is -1.79. The predicted octanol–water partition coefficient (Wildman–Crippen LogP) is 3.52. The van der Waals surface area contributed by atoms with Crippen LogP contribution >= 0.6 is 0 Å². The van der Waals surface area contributed by atoms with Gasteiger partial charge in [-0.2, -0.15) is 0 Å². The summed E-state index contributed by atoms with van der Waals surface area (Å²) in [6.07, 6.45) is 9.53. The molecule has 2 fully saturated rings. The van der Waals surface area contributed by atoms with Gasteiger partial charge in [0.1, 0.15) is 5.82 Å². The van der Waals surface area contributed by atoms with Crippen LogP contribution in [0.2, 0.25) is 0 Å². The van der Waals surface area contributed by atoms with Gasteiger partial charge < -0.3 is 20.4 Å². The summed E-state index contributed by atoms with van der Waals surface area (Å²) in [7, 11) is 1.77. The van der Waals surface area contributed by atoms with Gasteiger partial charge in [-0.25, -0.2) is 4.98 Å². The van der Waals surface area contributed by atoms with Crippen molar-refractivity contribution in [2.45, 2.75) is 77.0 Å². The summed E-state index contributed by atoms with van der Waals surface area (Å²) in [6, 6.07) is 2.85. The molecule has 0 spiro atoms.